The first-order valence-corrected chi connectivity index (χ1v) is 6.93. The number of carbonyl (C=O) groups excluding carboxylic acids is 1. The fourth-order valence-electron chi connectivity index (χ4n) is 2.62. The molecule has 0 N–H and O–H groups in total. The molecule has 0 saturated heterocycles. The maximum absolute atomic E-state index is 13.4. The van der Waals surface area contributed by atoms with Gasteiger partial charge in [0.15, 0.2) is 0 Å². The normalized spacial score (nSPS) is 17.5. The van der Waals surface area contributed by atoms with Crippen LogP contribution in [0.1, 0.15) is 30.5 Å². The van der Waals surface area contributed by atoms with Crippen molar-refractivity contribution < 1.29 is 13.6 Å². The zero-order chi connectivity index (χ0) is 15.7. The second kappa shape index (κ2) is 5.67. The van der Waals surface area contributed by atoms with E-state index in [-0.39, 0.29) is 23.6 Å². The van der Waals surface area contributed by atoms with Crippen molar-refractivity contribution in [3.05, 3.63) is 71.3 Å². The van der Waals surface area contributed by atoms with Gasteiger partial charge in [0.25, 0.3) is 0 Å². The quantitative estimate of drug-likeness (QED) is 0.833. The number of hydrazone groups is 1. The van der Waals surface area contributed by atoms with Gasteiger partial charge in [-0.2, -0.15) is 5.10 Å². The highest BCUT2D eigenvalue weighted by atomic mass is 19.1. The van der Waals surface area contributed by atoms with Crippen LogP contribution >= 0.6 is 0 Å². The summed E-state index contributed by atoms with van der Waals surface area (Å²) in [6.45, 7) is 1.41. The van der Waals surface area contributed by atoms with Crippen LogP contribution in [0, 0.1) is 11.6 Å². The van der Waals surface area contributed by atoms with E-state index in [1.54, 1.807) is 24.3 Å². The minimum absolute atomic E-state index is 0.235. The Labute approximate surface area is 126 Å². The molecule has 5 heteroatoms. The summed E-state index contributed by atoms with van der Waals surface area (Å²) < 4.78 is 26.8. The van der Waals surface area contributed by atoms with E-state index >= 15 is 0 Å². The molecular weight excluding hydrogens is 286 g/mol. The Morgan fingerprint density at radius 3 is 2.45 bits per heavy atom. The molecule has 1 atom stereocenters. The molecule has 1 aliphatic rings. The zero-order valence-electron chi connectivity index (χ0n) is 12.0. The zero-order valence-corrected chi connectivity index (χ0v) is 12.0. The van der Waals surface area contributed by atoms with Crippen molar-refractivity contribution in [1.82, 2.24) is 5.01 Å². The molecule has 1 amide bonds. The van der Waals surface area contributed by atoms with Gasteiger partial charge in [-0.3, -0.25) is 4.79 Å². The van der Waals surface area contributed by atoms with E-state index in [2.05, 4.69) is 5.10 Å². The Morgan fingerprint density at radius 2 is 1.82 bits per heavy atom. The summed E-state index contributed by atoms with van der Waals surface area (Å²) >= 11 is 0. The molecule has 1 unspecified atom stereocenters. The molecule has 112 valence electrons. The average molecular weight is 300 g/mol. The summed E-state index contributed by atoms with van der Waals surface area (Å²) in [5, 5.41) is 5.63. The van der Waals surface area contributed by atoms with Gasteiger partial charge in [0.2, 0.25) is 5.91 Å². The molecule has 0 fully saturated rings. The number of nitrogens with zero attached hydrogens (tertiary/aromatic N) is 2. The van der Waals surface area contributed by atoms with Crippen molar-refractivity contribution >= 4 is 11.6 Å². The fraction of sp³-hybridized carbons (Fsp3) is 0.176. The van der Waals surface area contributed by atoms with Gasteiger partial charge in [-0.1, -0.05) is 24.3 Å². The van der Waals surface area contributed by atoms with Crippen molar-refractivity contribution in [1.29, 1.82) is 0 Å². The van der Waals surface area contributed by atoms with Crippen LogP contribution in [-0.4, -0.2) is 16.6 Å². The fourth-order valence-corrected chi connectivity index (χ4v) is 2.62. The molecule has 0 saturated carbocycles. The maximum Gasteiger partial charge on any atom is 0.240 e. The summed E-state index contributed by atoms with van der Waals surface area (Å²) in [5.74, 6) is -0.954. The number of hydrogen-bond donors (Lipinski definition) is 0. The van der Waals surface area contributed by atoms with Gasteiger partial charge >= 0.3 is 0 Å². The smallest absolute Gasteiger partial charge is 0.240 e. The molecule has 1 aliphatic heterocycles. The monoisotopic (exact) mass is 300 g/mol. The van der Waals surface area contributed by atoms with Gasteiger partial charge in [0.1, 0.15) is 11.6 Å². The average Bonchev–Trinajstić information content (AvgIpc) is 2.92. The number of carbonyl (C=O) groups is 1. The van der Waals surface area contributed by atoms with Gasteiger partial charge in [-0.15, -0.1) is 0 Å². The number of benzene rings is 2. The van der Waals surface area contributed by atoms with E-state index in [4.69, 9.17) is 0 Å². The number of rotatable bonds is 2. The van der Waals surface area contributed by atoms with Crippen LogP contribution in [-0.2, 0) is 4.79 Å². The Bertz CT molecular complexity index is 758. The first kappa shape index (κ1) is 14.4. The molecule has 3 rings (SSSR count). The predicted octanol–water partition coefficient (Wildman–Crippen LogP) is 3.66. The molecular formula is C17H14F2N2O. The van der Waals surface area contributed by atoms with E-state index in [1.807, 2.05) is 0 Å². The highest BCUT2D eigenvalue weighted by Gasteiger charge is 2.31. The number of amides is 1. The van der Waals surface area contributed by atoms with Crippen LogP contribution in [0.2, 0.25) is 0 Å². The molecule has 0 radical (unpaired) electrons. The Morgan fingerprint density at radius 1 is 1.14 bits per heavy atom. The van der Waals surface area contributed by atoms with Crippen LogP contribution in [0.15, 0.2) is 53.6 Å². The largest absolute Gasteiger partial charge is 0.273 e. The van der Waals surface area contributed by atoms with Crippen molar-refractivity contribution in [3.63, 3.8) is 0 Å². The maximum atomic E-state index is 13.4. The Hall–Kier alpha value is -2.56. The topological polar surface area (TPSA) is 32.7 Å². The highest BCUT2D eigenvalue weighted by molar-refractivity contribution is 6.03. The first-order valence-electron chi connectivity index (χ1n) is 6.93. The lowest BCUT2D eigenvalue weighted by molar-refractivity contribution is -0.130. The van der Waals surface area contributed by atoms with E-state index in [9.17, 15) is 13.6 Å². The van der Waals surface area contributed by atoms with Gasteiger partial charge in [-0.25, -0.2) is 13.8 Å². The molecule has 2 aromatic carbocycles. The van der Waals surface area contributed by atoms with Crippen molar-refractivity contribution in [2.24, 2.45) is 5.10 Å². The van der Waals surface area contributed by atoms with Crippen LogP contribution < -0.4 is 0 Å². The third-order valence-electron chi connectivity index (χ3n) is 3.62. The predicted molar refractivity (Wildman–Crippen MR) is 79.2 cm³/mol. The van der Waals surface area contributed by atoms with Gasteiger partial charge in [-0.05, 0) is 29.8 Å². The molecule has 0 bridgehead atoms. The van der Waals surface area contributed by atoms with Crippen LogP contribution in [0.3, 0.4) is 0 Å². The van der Waals surface area contributed by atoms with Crippen molar-refractivity contribution in [2.75, 3.05) is 0 Å². The summed E-state index contributed by atoms with van der Waals surface area (Å²) in [4.78, 5) is 11.8. The molecule has 3 nitrogen and oxygen atoms in total. The minimum Gasteiger partial charge on any atom is -0.273 e. The van der Waals surface area contributed by atoms with Crippen molar-refractivity contribution in [2.45, 2.75) is 19.4 Å². The van der Waals surface area contributed by atoms with E-state index < -0.39 is 0 Å². The third kappa shape index (κ3) is 2.74. The van der Waals surface area contributed by atoms with Gasteiger partial charge < -0.3 is 0 Å². The standard InChI is InChI=1S/C17H14F2N2O/c1-11(22)21-17(13-5-3-7-15(19)9-13)10-16(20-21)12-4-2-6-14(18)8-12/h2-9,17H,10H2,1H3. The van der Waals surface area contributed by atoms with E-state index in [0.717, 1.165) is 0 Å². The van der Waals surface area contributed by atoms with Crippen LogP contribution in [0.4, 0.5) is 8.78 Å². The SMILES string of the molecule is CC(=O)N1N=C(c2cccc(F)c2)CC1c1cccc(F)c1. The first-order chi connectivity index (χ1) is 10.5. The summed E-state index contributed by atoms with van der Waals surface area (Å²) in [5.41, 5.74) is 1.92. The summed E-state index contributed by atoms with van der Waals surface area (Å²) in [6.07, 6.45) is 0.423. The molecule has 22 heavy (non-hydrogen) atoms. The number of hydrogen-bond acceptors (Lipinski definition) is 2. The Balaban J connectivity index is 1.96. The molecule has 0 aromatic heterocycles. The molecule has 1 heterocycles. The van der Waals surface area contributed by atoms with E-state index in [1.165, 1.54) is 36.2 Å². The van der Waals surface area contributed by atoms with Crippen LogP contribution in [0.25, 0.3) is 0 Å². The van der Waals surface area contributed by atoms with Gasteiger partial charge in [0.05, 0.1) is 11.8 Å². The van der Waals surface area contributed by atoms with E-state index in [0.29, 0.717) is 23.3 Å². The minimum atomic E-state index is -0.369. The molecule has 2 aromatic rings. The third-order valence-corrected chi connectivity index (χ3v) is 3.62. The summed E-state index contributed by atoms with van der Waals surface area (Å²) in [6, 6.07) is 11.8. The molecule has 0 spiro atoms. The number of halogens is 2. The van der Waals surface area contributed by atoms with Crippen LogP contribution in [0.5, 0.6) is 0 Å². The second-order valence-corrected chi connectivity index (χ2v) is 5.20. The Kier molecular flexibility index (Phi) is 3.71. The lowest BCUT2D eigenvalue weighted by atomic mass is 9.98. The highest BCUT2D eigenvalue weighted by Crippen LogP contribution is 2.33. The second-order valence-electron chi connectivity index (χ2n) is 5.20. The van der Waals surface area contributed by atoms with Gasteiger partial charge in [0, 0.05) is 18.9 Å². The lowest BCUT2D eigenvalue weighted by Crippen LogP contribution is -2.24. The summed E-state index contributed by atoms with van der Waals surface area (Å²) in [7, 11) is 0. The van der Waals surface area contributed by atoms with Crippen molar-refractivity contribution in [3.8, 4) is 0 Å². The lowest BCUT2D eigenvalue weighted by Gasteiger charge is -2.20. The molecule has 0 aliphatic carbocycles.